The summed E-state index contributed by atoms with van der Waals surface area (Å²) >= 11 is 0. The number of nitro groups is 1. The third kappa shape index (κ3) is 3.04. The van der Waals surface area contributed by atoms with Crippen LogP contribution in [0.5, 0.6) is 0 Å². The number of hydrogen-bond acceptors (Lipinski definition) is 5. The van der Waals surface area contributed by atoms with Crippen LogP contribution in [0.15, 0.2) is 6.07 Å². The summed E-state index contributed by atoms with van der Waals surface area (Å²) in [6.45, 7) is 6.10. The van der Waals surface area contributed by atoms with Gasteiger partial charge in [-0.15, -0.1) is 0 Å². The standard InChI is InChI=1S/C7H9N3O4.C2H6/c1-3-9-5(7(11)14-2)4-6(8-9)10(12)13;1-2/h4H,3H2,1-2H3;1-2H3. The molecule has 1 heterocycles. The molecule has 0 aliphatic heterocycles. The number of nitrogens with zero attached hydrogens (tertiary/aromatic N) is 3. The second kappa shape index (κ2) is 6.54. The van der Waals surface area contributed by atoms with Crippen molar-refractivity contribution in [3.63, 3.8) is 0 Å². The molecule has 0 aliphatic rings. The highest BCUT2D eigenvalue weighted by molar-refractivity contribution is 5.88. The normalized spacial score (nSPS) is 9.00. The third-order valence-electron chi connectivity index (χ3n) is 1.65. The van der Waals surface area contributed by atoms with Crippen LogP contribution in [0, 0.1) is 10.1 Å². The molecule has 0 N–H and O–H groups in total. The maximum Gasteiger partial charge on any atom is 0.390 e. The first-order chi connectivity index (χ1) is 7.60. The number of methoxy groups -OCH3 is 1. The van der Waals surface area contributed by atoms with Crippen LogP contribution in [0.1, 0.15) is 31.3 Å². The van der Waals surface area contributed by atoms with Crippen molar-refractivity contribution < 1.29 is 14.5 Å². The van der Waals surface area contributed by atoms with Crippen molar-refractivity contribution in [2.45, 2.75) is 27.3 Å². The smallest absolute Gasteiger partial charge is 0.390 e. The van der Waals surface area contributed by atoms with E-state index in [4.69, 9.17) is 0 Å². The van der Waals surface area contributed by atoms with Crippen LogP contribution >= 0.6 is 0 Å². The van der Waals surface area contributed by atoms with E-state index in [1.165, 1.54) is 11.8 Å². The van der Waals surface area contributed by atoms with Gasteiger partial charge in [-0.2, -0.15) is 4.68 Å². The van der Waals surface area contributed by atoms with Crippen LogP contribution in [0.3, 0.4) is 0 Å². The van der Waals surface area contributed by atoms with Gasteiger partial charge in [0.25, 0.3) is 0 Å². The molecule has 0 fully saturated rings. The summed E-state index contributed by atoms with van der Waals surface area (Å²) < 4.78 is 5.68. The number of esters is 1. The van der Waals surface area contributed by atoms with Crippen molar-refractivity contribution in [1.82, 2.24) is 9.78 Å². The number of carbonyl (C=O) groups excluding carboxylic acids is 1. The van der Waals surface area contributed by atoms with Crippen LogP contribution in [0.2, 0.25) is 0 Å². The lowest BCUT2D eigenvalue weighted by atomic mass is 10.4. The number of hydrogen-bond donors (Lipinski definition) is 0. The Hall–Kier alpha value is -1.92. The second-order valence-corrected chi connectivity index (χ2v) is 2.45. The average molecular weight is 229 g/mol. The fourth-order valence-corrected chi connectivity index (χ4v) is 1.00. The van der Waals surface area contributed by atoms with Gasteiger partial charge >= 0.3 is 11.8 Å². The highest BCUT2D eigenvalue weighted by atomic mass is 16.6. The Balaban J connectivity index is 0.00000106. The minimum absolute atomic E-state index is 0.0849. The molecule has 90 valence electrons. The molecule has 0 spiro atoms. The molecule has 7 nitrogen and oxygen atoms in total. The van der Waals surface area contributed by atoms with E-state index >= 15 is 0 Å². The molecular weight excluding hydrogens is 214 g/mol. The van der Waals surface area contributed by atoms with Gasteiger partial charge in [0, 0.05) is 0 Å². The molecule has 0 atom stereocenters. The van der Waals surface area contributed by atoms with Gasteiger partial charge in [-0.1, -0.05) is 13.8 Å². The van der Waals surface area contributed by atoms with Crippen molar-refractivity contribution in [1.29, 1.82) is 0 Å². The van der Waals surface area contributed by atoms with Crippen molar-refractivity contribution in [2.75, 3.05) is 7.11 Å². The molecular formula is C9H15N3O4. The third-order valence-corrected chi connectivity index (χ3v) is 1.65. The van der Waals surface area contributed by atoms with Gasteiger partial charge in [-0.25, -0.2) is 4.79 Å². The maximum atomic E-state index is 11.1. The summed E-state index contributed by atoms with van der Waals surface area (Å²) in [5, 5.41) is 14.0. The quantitative estimate of drug-likeness (QED) is 0.446. The van der Waals surface area contributed by atoms with E-state index in [-0.39, 0.29) is 11.5 Å². The van der Waals surface area contributed by atoms with E-state index < -0.39 is 10.9 Å². The summed E-state index contributed by atoms with van der Waals surface area (Å²) in [5.74, 6) is -0.986. The molecule has 0 saturated carbocycles. The van der Waals surface area contributed by atoms with E-state index in [0.29, 0.717) is 6.54 Å². The Morgan fingerprint density at radius 2 is 2.19 bits per heavy atom. The number of ether oxygens (including phenoxy) is 1. The fourth-order valence-electron chi connectivity index (χ4n) is 1.00. The second-order valence-electron chi connectivity index (χ2n) is 2.45. The van der Waals surface area contributed by atoms with E-state index in [1.54, 1.807) is 6.92 Å². The fraction of sp³-hybridized carbons (Fsp3) is 0.556. The Morgan fingerprint density at radius 1 is 1.62 bits per heavy atom. The van der Waals surface area contributed by atoms with Crippen molar-refractivity contribution >= 4 is 11.8 Å². The SMILES string of the molecule is CC.CCn1nc([N+](=O)[O-])cc1C(=O)OC. The zero-order chi connectivity index (χ0) is 12.7. The summed E-state index contributed by atoms with van der Waals surface area (Å²) in [4.78, 5) is 20.8. The van der Waals surface area contributed by atoms with Crippen molar-refractivity contribution in [2.24, 2.45) is 0 Å². The largest absolute Gasteiger partial charge is 0.464 e. The first-order valence-electron chi connectivity index (χ1n) is 4.90. The topological polar surface area (TPSA) is 87.3 Å². The minimum Gasteiger partial charge on any atom is -0.464 e. The molecule has 0 unspecified atom stereocenters. The molecule has 7 heteroatoms. The molecule has 0 saturated heterocycles. The van der Waals surface area contributed by atoms with Gasteiger partial charge in [0.15, 0.2) is 5.69 Å². The van der Waals surface area contributed by atoms with E-state index in [0.717, 1.165) is 6.07 Å². The van der Waals surface area contributed by atoms with Crippen LogP contribution < -0.4 is 0 Å². The summed E-state index contributed by atoms with van der Waals surface area (Å²) in [6.07, 6.45) is 0. The van der Waals surface area contributed by atoms with E-state index in [2.05, 4.69) is 9.84 Å². The van der Waals surface area contributed by atoms with Crippen LogP contribution in [0.4, 0.5) is 5.82 Å². The minimum atomic E-state index is -0.654. The Labute approximate surface area is 93.2 Å². The monoisotopic (exact) mass is 229 g/mol. The first kappa shape index (κ1) is 14.1. The zero-order valence-electron chi connectivity index (χ0n) is 9.76. The van der Waals surface area contributed by atoms with Gasteiger partial charge in [-0.3, -0.25) is 0 Å². The molecule has 0 aliphatic carbocycles. The number of aromatic nitrogens is 2. The number of aryl methyl sites for hydroxylation is 1. The Kier molecular flexibility index (Phi) is 5.76. The van der Waals surface area contributed by atoms with E-state index in [9.17, 15) is 14.9 Å². The lowest BCUT2D eigenvalue weighted by Crippen LogP contribution is -2.10. The maximum absolute atomic E-state index is 11.1. The number of rotatable bonds is 3. The lowest BCUT2D eigenvalue weighted by Gasteiger charge is -1.96. The lowest BCUT2D eigenvalue weighted by molar-refractivity contribution is -0.389. The molecule has 1 rings (SSSR count). The highest BCUT2D eigenvalue weighted by Crippen LogP contribution is 2.12. The van der Waals surface area contributed by atoms with Crippen LogP contribution in [-0.4, -0.2) is 27.8 Å². The van der Waals surface area contributed by atoms with Crippen LogP contribution in [0.25, 0.3) is 0 Å². The molecule has 1 aromatic rings. The number of carbonyl (C=O) groups is 1. The van der Waals surface area contributed by atoms with Gasteiger partial charge < -0.3 is 14.9 Å². The Morgan fingerprint density at radius 3 is 2.56 bits per heavy atom. The predicted octanol–water partition coefficient (Wildman–Crippen LogP) is 1.62. The molecule has 16 heavy (non-hydrogen) atoms. The van der Waals surface area contributed by atoms with E-state index in [1.807, 2.05) is 13.8 Å². The average Bonchev–Trinajstić information content (AvgIpc) is 2.74. The highest BCUT2D eigenvalue weighted by Gasteiger charge is 2.22. The molecule has 0 aromatic carbocycles. The summed E-state index contributed by atoms with van der Waals surface area (Å²) in [5.41, 5.74) is 0.0849. The summed E-state index contributed by atoms with van der Waals surface area (Å²) in [7, 11) is 1.21. The molecule has 1 aromatic heterocycles. The molecule has 0 bridgehead atoms. The molecule has 0 amide bonds. The first-order valence-corrected chi connectivity index (χ1v) is 4.90. The van der Waals surface area contributed by atoms with Crippen LogP contribution in [-0.2, 0) is 11.3 Å². The molecule has 0 radical (unpaired) electrons. The van der Waals surface area contributed by atoms with Crippen molar-refractivity contribution in [3.8, 4) is 0 Å². The van der Waals surface area contributed by atoms with Gasteiger partial charge in [-0.05, 0) is 11.8 Å². The Bertz CT molecular complexity index is 373. The summed E-state index contributed by atoms with van der Waals surface area (Å²) in [6, 6.07) is 1.09. The predicted molar refractivity (Wildman–Crippen MR) is 57.2 cm³/mol. The zero-order valence-corrected chi connectivity index (χ0v) is 9.76. The van der Waals surface area contributed by atoms with Gasteiger partial charge in [0.2, 0.25) is 0 Å². The van der Waals surface area contributed by atoms with Crippen molar-refractivity contribution in [3.05, 3.63) is 21.9 Å². The van der Waals surface area contributed by atoms with Gasteiger partial charge in [0.05, 0.1) is 24.8 Å². The van der Waals surface area contributed by atoms with Gasteiger partial charge in [0.1, 0.15) is 0 Å².